The second-order valence-electron chi connectivity index (χ2n) is 4.44. The highest BCUT2D eigenvalue weighted by atomic mass is 16.3. The number of hydrogen-bond acceptors (Lipinski definition) is 3. The molecule has 0 unspecified atom stereocenters. The summed E-state index contributed by atoms with van der Waals surface area (Å²) in [6.07, 6.45) is 1.72. The van der Waals surface area contributed by atoms with Gasteiger partial charge >= 0.3 is 5.69 Å². The summed E-state index contributed by atoms with van der Waals surface area (Å²) in [5.41, 5.74) is 3.89. The lowest BCUT2D eigenvalue weighted by Gasteiger charge is -2.04. The van der Waals surface area contributed by atoms with Crippen molar-refractivity contribution in [2.75, 3.05) is 0 Å². The van der Waals surface area contributed by atoms with Gasteiger partial charge in [-0.25, -0.2) is 9.78 Å². The molecule has 0 bridgehead atoms. The van der Waals surface area contributed by atoms with Crippen LogP contribution in [0, 0.1) is 0 Å². The van der Waals surface area contributed by atoms with Crippen LogP contribution in [0.4, 0.5) is 0 Å². The molecule has 0 amide bonds. The van der Waals surface area contributed by atoms with Crippen molar-refractivity contribution in [1.82, 2.24) is 14.5 Å². The van der Waals surface area contributed by atoms with Crippen molar-refractivity contribution < 1.29 is 5.11 Å². The zero-order chi connectivity index (χ0) is 13.4. The van der Waals surface area contributed by atoms with Gasteiger partial charge in [0.2, 0.25) is 0 Å². The van der Waals surface area contributed by atoms with Gasteiger partial charge in [-0.05, 0) is 23.3 Å². The molecule has 3 rings (SSSR count). The fraction of sp³-hybridized carbons (Fsp3) is 0.143. The fourth-order valence-electron chi connectivity index (χ4n) is 2.11. The Bertz CT molecular complexity index is 802. The maximum absolute atomic E-state index is 11.5. The predicted octanol–water partition coefficient (Wildman–Crippen LogP) is 1.42. The van der Waals surface area contributed by atoms with E-state index >= 15 is 0 Å². The van der Waals surface area contributed by atoms with Crippen LogP contribution in [-0.2, 0) is 13.7 Å². The monoisotopic (exact) mass is 255 g/mol. The first-order chi connectivity index (χ1) is 9.19. The van der Waals surface area contributed by atoms with Crippen molar-refractivity contribution in [1.29, 1.82) is 0 Å². The Morgan fingerprint density at radius 3 is 2.95 bits per heavy atom. The molecule has 3 aromatic rings. The number of aromatic amines is 1. The van der Waals surface area contributed by atoms with Gasteiger partial charge in [-0.1, -0.05) is 18.2 Å². The minimum Gasteiger partial charge on any atom is -0.392 e. The molecule has 96 valence electrons. The van der Waals surface area contributed by atoms with E-state index in [1.54, 1.807) is 13.2 Å². The van der Waals surface area contributed by atoms with Crippen LogP contribution >= 0.6 is 0 Å². The summed E-state index contributed by atoms with van der Waals surface area (Å²) >= 11 is 0. The molecule has 0 aliphatic rings. The maximum atomic E-state index is 11.5. The van der Waals surface area contributed by atoms with E-state index in [2.05, 4.69) is 9.97 Å². The average molecular weight is 255 g/mol. The summed E-state index contributed by atoms with van der Waals surface area (Å²) < 4.78 is 1.53. The number of nitrogens with zero attached hydrogens (tertiary/aromatic N) is 2. The van der Waals surface area contributed by atoms with Crippen LogP contribution in [0.3, 0.4) is 0 Å². The standard InChI is InChI=1S/C14H13N3O2/c1-17-12-6-11(7-15-13(12)16-14(17)19)10-4-2-3-9(5-10)8-18/h2-7,18H,8H2,1H3,(H,15,16,19). The van der Waals surface area contributed by atoms with Gasteiger partial charge in [-0.15, -0.1) is 0 Å². The second-order valence-corrected chi connectivity index (χ2v) is 4.44. The fourth-order valence-corrected chi connectivity index (χ4v) is 2.11. The van der Waals surface area contributed by atoms with Crippen LogP contribution in [0.1, 0.15) is 5.56 Å². The van der Waals surface area contributed by atoms with Crippen molar-refractivity contribution in [3.8, 4) is 11.1 Å². The molecule has 0 radical (unpaired) electrons. The Labute approximate surface area is 109 Å². The quantitative estimate of drug-likeness (QED) is 0.727. The molecule has 0 saturated heterocycles. The number of aliphatic hydroxyl groups excluding tert-OH is 1. The smallest absolute Gasteiger partial charge is 0.327 e. The number of fused-ring (bicyclic) bond motifs is 1. The SMILES string of the molecule is Cn1c(=O)[nH]c2ncc(-c3cccc(CO)c3)cc21. The normalized spacial score (nSPS) is 11.1. The molecule has 2 N–H and O–H groups in total. The molecule has 0 saturated carbocycles. The minimum absolute atomic E-state index is 0.00610. The number of hydrogen-bond donors (Lipinski definition) is 2. The van der Waals surface area contributed by atoms with Crippen LogP contribution in [0.15, 0.2) is 41.3 Å². The first-order valence-electron chi connectivity index (χ1n) is 5.94. The summed E-state index contributed by atoms with van der Waals surface area (Å²) in [5, 5.41) is 9.16. The molecule has 0 fully saturated rings. The summed E-state index contributed by atoms with van der Waals surface area (Å²) in [6.45, 7) is 0.00610. The van der Waals surface area contributed by atoms with E-state index < -0.39 is 0 Å². The van der Waals surface area contributed by atoms with Crippen LogP contribution in [0.25, 0.3) is 22.3 Å². The summed E-state index contributed by atoms with van der Waals surface area (Å²) in [7, 11) is 1.71. The molecule has 5 nitrogen and oxygen atoms in total. The van der Waals surface area contributed by atoms with E-state index in [0.29, 0.717) is 5.65 Å². The zero-order valence-electron chi connectivity index (χ0n) is 10.4. The van der Waals surface area contributed by atoms with Gasteiger partial charge in [0.05, 0.1) is 12.1 Å². The van der Waals surface area contributed by atoms with Crippen LogP contribution in [0.5, 0.6) is 0 Å². The van der Waals surface area contributed by atoms with Crippen LogP contribution in [0.2, 0.25) is 0 Å². The Balaban J connectivity index is 2.19. The number of benzene rings is 1. The van der Waals surface area contributed by atoms with E-state index in [9.17, 15) is 4.79 Å². The second kappa shape index (κ2) is 4.37. The molecule has 1 aromatic carbocycles. The van der Waals surface area contributed by atoms with E-state index in [0.717, 1.165) is 22.2 Å². The number of aliphatic hydroxyl groups is 1. The third-order valence-electron chi connectivity index (χ3n) is 3.20. The van der Waals surface area contributed by atoms with Crippen molar-refractivity contribution in [3.05, 3.63) is 52.6 Å². The summed E-state index contributed by atoms with van der Waals surface area (Å²) in [6, 6.07) is 9.53. The summed E-state index contributed by atoms with van der Waals surface area (Å²) in [5.74, 6) is 0. The number of rotatable bonds is 2. The molecule has 0 aliphatic carbocycles. The van der Waals surface area contributed by atoms with E-state index in [1.165, 1.54) is 4.57 Å². The van der Waals surface area contributed by atoms with E-state index in [-0.39, 0.29) is 12.3 Å². The lowest BCUT2D eigenvalue weighted by molar-refractivity contribution is 0.282. The van der Waals surface area contributed by atoms with Crippen LogP contribution in [-0.4, -0.2) is 19.6 Å². The molecule has 0 spiro atoms. The van der Waals surface area contributed by atoms with Crippen molar-refractivity contribution >= 4 is 11.2 Å². The Hall–Kier alpha value is -2.40. The third-order valence-corrected chi connectivity index (χ3v) is 3.20. The first kappa shape index (κ1) is 11.7. The van der Waals surface area contributed by atoms with Gasteiger partial charge in [-0.2, -0.15) is 0 Å². The Morgan fingerprint density at radius 2 is 2.16 bits per heavy atom. The van der Waals surface area contributed by atoms with Crippen LogP contribution < -0.4 is 5.69 Å². The number of imidazole rings is 1. The molecule has 2 heterocycles. The Kier molecular flexibility index (Phi) is 2.68. The number of aryl methyl sites for hydroxylation is 1. The molecule has 5 heteroatoms. The highest BCUT2D eigenvalue weighted by Gasteiger charge is 2.07. The van der Waals surface area contributed by atoms with Gasteiger partial charge in [0, 0.05) is 18.8 Å². The molecule has 19 heavy (non-hydrogen) atoms. The zero-order valence-corrected chi connectivity index (χ0v) is 10.4. The maximum Gasteiger partial charge on any atom is 0.327 e. The molecule has 2 aromatic heterocycles. The topological polar surface area (TPSA) is 70.9 Å². The van der Waals surface area contributed by atoms with E-state index in [1.807, 2.05) is 30.3 Å². The predicted molar refractivity (Wildman–Crippen MR) is 72.7 cm³/mol. The number of aromatic nitrogens is 3. The summed E-state index contributed by atoms with van der Waals surface area (Å²) in [4.78, 5) is 18.5. The first-order valence-corrected chi connectivity index (χ1v) is 5.94. The minimum atomic E-state index is -0.177. The Morgan fingerprint density at radius 1 is 1.32 bits per heavy atom. The third kappa shape index (κ3) is 1.94. The molecule has 0 aliphatic heterocycles. The highest BCUT2D eigenvalue weighted by Crippen LogP contribution is 2.22. The molecular weight excluding hydrogens is 242 g/mol. The van der Waals surface area contributed by atoms with Gasteiger partial charge in [0.15, 0.2) is 5.65 Å². The number of nitrogens with one attached hydrogen (secondary N) is 1. The van der Waals surface area contributed by atoms with Crippen molar-refractivity contribution in [2.45, 2.75) is 6.61 Å². The number of H-pyrrole nitrogens is 1. The van der Waals surface area contributed by atoms with Crippen molar-refractivity contribution in [3.63, 3.8) is 0 Å². The van der Waals surface area contributed by atoms with Crippen molar-refractivity contribution in [2.24, 2.45) is 7.05 Å². The molecular formula is C14H13N3O2. The average Bonchev–Trinajstić information content (AvgIpc) is 2.74. The highest BCUT2D eigenvalue weighted by molar-refractivity contribution is 5.78. The van der Waals surface area contributed by atoms with Gasteiger partial charge in [0.25, 0.3) is 0 Å². The number of pyridine rings is 1. The molecule has 0 atom stereocenters. The van der Waals surface area contributed by atoms with E-state index in [4.69, 9.17) is 5.11 Å². The van der Waals surface area contributed by atoms with Gasteiger partial charge in [0.1, 0.15) is 0 Å². The van der Waals surface area contributed by atoms with Gasteiger partial charge < -0.3 is 5.11 Å². The van der Waals surface area contributed by atoms with Gasteiger partial charge in [-0.3, -0.25) is 9.55 Å². The lowest BCUT2D eigenvalue weighted by atomic mass is 10.0. The lowest BCUT2D eigenvalue weighted by Crippen LogP contribution is -2.11. The largest absolute Gasteiger partial charge is 0.392 e.